The highest BCUT2D eigenvalue weighted by molar-refractivity contribution is 5.69. The Kier molecular flexibility index (Phi) is 4.31. The summed E-state index contributed by atoms with van der Waals surface area (Å²) >= 11 is 0. The van der Waals surface area contributed by atoms with Crippen molar-refractivity contribution in [3.8, 4) is 28.7 Å². The van der Waals surface area contributed by atoms with E-state index in [0.717, 1.165) is 5.56 Å². The molecule has 0 radical (unpaired) electrons. The first-order valence-electron chi connectivity index (χ1n) is 5.06. The summed E-state index contributed by atoms with van der Waals surface area (Å²) in [5, 5.41) is 0. The summed E-state index contributed by atoms with van der Waals surface area (Å²) in [6.07, 6.45) is 0. The molecule has 1 aromatic rings. The third-order valence-electron chi connectivity index (χ3n) is 2.53. The summed E-state index contributed by atoms with van der Waals surface area (Å²) in [6, 6.07) is 0. The van der Waals surface area contributed by atoms with Crippen molar-refractivity contribution in [3.63, 3.8) is 0 Å². The topological polar surface area (TPSA) is 46.2 Å². The van der Waals surface area contributed by atoms with Crippen LogP contribution >= 0.6 is 0 Å². The van der Waals surface area contributed by atoms with Gasteiger partial charge in [0.1, 0.15) is 0 Å². The van der Waals surface area contributed by atoms with Crippen LogP contribution in [-0.4, -0.2) is 35.5 Å². The van der Waals surface area contributed by atoms with Crippen molar-refractivity contribution in [2.24, 2.45) is 0 Å². The van der Waals surface area contributed by atoms with Gasteiger partial charge in [-0.25, -0.2) is 0 Å². The summed E-state index contributed by atoms with van der Waals surface area (Å²) in [7, 11) is 7.76. The van der Waals surface area contributed by atoms with Crippen LogP contribution in [0.1, 0.15) is 5.56 Å². The minimum Gasteiger partial charge on any atom is -0.492 e. The first-order chi connectivity index (χ1) is 8.15. The first kappa shape index (κ1) is 13.3. The molecule has 0 aliphatic heterocycles. The molecular formula is C12H18O5. The van der Waals surface area contributed by atoms with Crippen molar-refractivity contribution < 1.29 is 23.7 Å². The van der Waals surface area contributed by atoms with Gasteiger partial charge in [0.05, 0.1) is 35.5 Å². The van der Waals surface area contributed by atoms with Gasteiger partial charge in [0, 0.05) is 5.56 Å². The van der Waals surface area contributed by atoms with Crippen molar-refractivity contribution in [2.75, 3.05) is 35.5 Å². The average Bonchev–Trinajstić information content (AvgIpc) is 2.36. The van der Waals surface area contributed by atoms with E-state index in [4.69, 9.17) is 23.7 Å². The van der Waals surface area contributed by atoms with Gasteiger partial charge in [0.15, 0.2) is 11.5 Å². The lowest BCUT2D eigenvalue weighted by molar-refractivity contribution is 0.288. The van der Waals surface area contributed by atoms with Crippen molar-refractivity contribution >= 4 is 0 Å². The van der Waals surface area contributed by atoms with Gasteiger partial charge in [-0.15, -0.1) is 0 Å². The van der Waals surface area contributed by atoms with Crippen LogP contribution in [0.25, 0.3) is 0 Å². The van der Waals surface area contributed by atoms with Gasteiger partial charge in [-0.05, 0) is 6.92 Å². The molecule has 0 heterocycles. The second-order valence-electron chi connectivity index (χ2n) is 3.29. The van der Waals surface area contributed by atoms with E-state index in [9.17, 15) is 0 Å². The van der Waals surface area contributed by atoms with Crippen LogP contribution in [-0.2, 0) is 0 Å². The summed E-state index contributed by atoms with van der Waals surface area (Å²) < 4.78 is 26.5. The Morgan fingerprint density at radius 2 is 0.706 bits per heavy atom. The Morgan fingerprint density at radius 1 is 0.471 bits per heavy atom. The van der Waals surface area contributed by atoms with E-state index >= 15 is 0 Å². The first-order valence-corrected chi connectivity index (χ1v) is 5.06. The van der Waals surface area contributed by atoms with E-state index in [-0.39, 0.29) is 0 Å². The van der Waals surface area contributed by atoms with Crippen LogP contribution in [0.4, 0.5) is 0 Å². The predicted octanol–water partition coefficient (Wildman–Crippen LogP) is 2.04. The SMILES string of the molecule is COc1c(C)c(OC)c(OC)c(OC)c1OC. The standard InChI is InChI=1S/C12H18O5/c1-7-8(13-2)10(15-4)12(17-6)11(16-5)9(7)14-3/h1-6H3. The summed E-state index contributed by atoms with van der Waals surface area (Å²) in [6.45, 7) is 1.86. The Balaban J connectivity index is 3.66. The molecule has 0 aliphatic carbocycles. The molecule has 0 fully saturated rings. The molecule has 96 valence electrons. The Morgan fingerprint density at radius 3 is 0.941 bits per heavy atom. The summed E-state index contributed by atoms with van der Waals surface area (Å²) in [4.78, 5) is 0. The van der Waals surface area contributed by atoms with E-state index in [2.05, 4.69) is 0 Å². The Labute approximate surface area is 101 Å². The van der Waals surface area contributed by atoms with E-state index in [1.807, 2.05) is 6.92 Å². The maximum Gasteiger partial charge on any atom is 0.211 e. The third kappa shape index (κ3) is 2.05. The fourth-order valence-corrected chi connectivity index (χ4v) is 1.80. The van der Waals surface area contributed by atoms with Crippen molar-refractivity contribution in [1.29, 1.82) is 0 Å². The van der Waals surface area contributed by atoms with E-state index < -0.39 is 0 Å². The molecule has 0 N–H and O–H groups in total. The molecule has 0 atom stereocenters. The molecule has 0 saturated carbocycles. The van der Waals surface area contributed by atoms with Gasteiger partial charge >= 0.3 is 0 Å². The van der Waals surface area contributed by atoms with E-state index in [0.29, 0.717) is 28.7 Å². The smallest absolute Gasteiger partial charge is 0.211 e. The Hall–Kier alpha value is -1.78. The fraction of sp³-hybridized carbons (Fsp3) is 0.500. The molecule has 5 heteroatoms. The molecule has 0 aromatic heterocycles. The molecule has 0 bridgehead atoms. The zero-order valence-electron chi connectivity index (χ0n) is 11.0. The van der Waals surface area contributed by atoms with E-state index in [1.54, 1.807) is 28.4 Å². The molecule has 0 aliphatic rings. The van der Waals surface area contributed by atoms with Crippen molar-refractivity contribution in [1.82, 2.24) is 0 Å². The number of hydrogen-bond donors (Lipinski definition) is 0. The van der Waals surface area contributed by atoms with E-state index in [1.165, 1.54) is 7.11 Å². The van der Waals surface area contributed by atoms with Gasteiger partial charge in [0.2, 0.25) is 17.2 Å². The van der Waals surface area contributed by atoms with Gasteiger partial charge in [-0.1, -0.05) is 0 Å². The monoisotopic (exact) mass is 242 g/mol. The Bertz CT molecular complexity index is 367. The normalized spacial score (nSPS) is 9.76. The molecule has 1 rings (SSSR count). The van der Waals surface area contributed by atoms with Crippen LogP contribution in [0, 0.1) is 6.92 Å². The van der Waals surface area contributed by atoms with Gasteiger partial charge < -0.3 is 23.7 Å². The molecule has 1 aromatic carbocycles. The number of benzene rings is 1. The number of methoxy groups -OCH3 is 5. The minimum atomic E-state index is 0.453. The van der Waals surface area contributed by atoms with Gasteiger partial charge in [-0.2, -0.15) is 0 Å². The molecular weight excluding hydrogens is 224 g/mol. The molecule has 0 saturated heterocycles. The average molecular weight is 242 g/mol. The summed E-state index contributed by atoms with van der Waals surface area (Å²) in [5.74, 6) is 2.58. The lowest BCUT2D eigenvalue weighted by Gasteiger charge is -2.20. The zero-order chi connectivity index (χ0) is 13.0. The molecule has 0 spiro atoms. The minimum absolute atomic E-state index is 0.453. The summed E-state index contributed by atoms with van der Waals surface area (Å²) in [5.41, 5.74) is 0.796. The van der Waals surface area contributed by atoms with Crippen LogP contribution in [0.3, 0.4) is 0 Å². The lowest BCUT2D eigenvalue weighted by atomic mass is 10.1. The van der Waals surface area contributed by atoms with Gasteiger partial charge in [-0.3, -0.25) is 0 Å². The highest BCUT2D eigenvalue weighted by atomic mass is 16.6. The molecule has 0 amide bonds. The highest BCUT2D eigenvalue weighted by Gasteiger charge is 2.25. The van der Waals surface area contributed by atoms with Crippen LogP contribution < -0.4 is 23.7 Å². The fourth-order valence-electron chi connectivity index (χ4n) is 1.80. The van der Waals surface area contributed by atoms with Crippen molar-refractivity contribution in [3.05, 3.63) is 5.56 Å². The van der Waals surface area contributed by atoms with Crippen LogP contribution in [0.15, 0.2) is 0 Å². The lowest BCUT2D eigenvalue weighted by Crippen LogP contribution is -2.02. The second-order valence-corrected chi connectivity index (χ2v) is 3.29. The third-order valence-corrected chi connectivity index (χ3v) is 2.53. The number of ether oxygens (including phenoxy) is 5. The van der Waals surface area contributed by atoms with Crippen LogP contribution in [0.5, 0.6) is 28.7 Å². The maximum absolute atomic E-state index is 5.31. The van der Waals surface area contributed by atoms with Gasteiger partial charge in [0.25, 0.3) is 0 Å². The predicted molar refractivity (Wildman–Crippen MR) is 63.9 cm³/mol. The molecule has 0 unspecified atom stereocenters. The number of rotatable bonds is 5. The zero-order valence-corrected chi connectivity index (χ0v) is 11.0. The van der Waals surface area contributed by atoms with Crippen LogP contribution in [0.2, 0.25) is 0 Å². The second kappa shape index (κ2) is 5.52. The van der Waals surface area contributed by atoms with Crippen molar-refractivity contribution in [2.45, 2.75) is 6.92 Å². The molecule has 17 heavy (non-hydrogen) atoms. The number of hydrogen-bond acceptors (Lipinski definition) is 5. The largest absolute Gasteiger partial charge is 0.492 e. The quantitative estimate of drug-likeness (QED) is 0.790. The highest BCUT2D eigenvalue weighted by Crippen LogP contribution is 2.52. The maximum atomic E-state index is 5.31. The molecule has 5 nitrogen and oxygen atoms in total.